The van der Waals surface area contributed by atoms with Gasteiger partial charge in [0.15, 0.2) is 0 Å². The van der Waals surface area contributed by atoms with Crippen molar-refractivity contribution < 1.29 is 19.1 Å². The lowest BCUT2D eigenvalue weighted by atomic mass is 10.0. The largest absolute Gasteiger partial charge is 0.391 e. The summed E-state index contributed by atoms with van der Waals surface area (Å²) in [6.45, 7) is 0.925. The van der Waals surface area contributed by atoms with E-state index in [1.807, 2.05) is 0 Å². The van der Waals surface area contributed by atoms with Gasteiger partial charge in [-0.1, -0.05) is 12.1 Å². The van der Waals surface area contributed by atoms with Gasteiger partial charge in [-0.25, -0.2) is 4.39 Å². The molecule has 6 heteroatoms. The quantitative estimate of drug-likeness (QED) is 0.909. The maximum atomic E-state index is 13.0. The zero-order valence-corrected chi connectivity index (χ0v) is 12.2. The highest BCUT2D eigenvalue weighted by Gasteiger charge is 2.36. The predicted molar refractivity (Wildman–Crippen MR) is 77.3 cm³/mol. The number of aliphatic hydroxyl groups excluding tert-OH is 1. The summed E-state index contributed by atoms with van der Waals surface area (Å²) in [5.41, 5.74) is 0.805. The second-order valence-electron chi connectivity index (χ2n) is 5.92. The summed E-state index contributed by atoms with van der Waals surface area (Å²) in [4.78, 5) is 27.3. The van der Waals surface area contributed by atoms with Gasteiger partial charge < -0.3 is 14.9 Å². The standard InChI is InChI=1S/C16H19FN2O3/c17-12-5-3-11(4-6-12)14-8-13(20)9-19(14)16(22)10-18-7-1-2-15(18)21/h3-6,13-14,20H,1-2,7-10H2/t13-,14+/m0/s1. The molecule has 118 valence electrons. The number of likely N-dealkylation sites (tertiary alicyclic amines) is 2. The molecule has 0 aromatic heterocycles. The van der Waals surface area contributed by atoms with Crippen LogP contribution in [0.15, 0.2) is 24.3 Å². The minimum atomic E-state index is -0.590. The summed E-state index contributed by atoms with van der Waals surface area (Å²) in [6, 6.07) is 5.72. The Bertz CT molecular complexity index is 575. The zero-order valence-electron chi connectivity index (χ0n) is 12.2. The number of β-amino-alcohol motifs (C(OH)–C–C–N with tert-alkyl or cyclic N) is 1. The maximum Gasteiger partial charge on any atom is 0.242 e. The first-order valence-electron chi connectivity index (χ1n) is 7.55. The number of halogens is 1. The van der Waals surface area contributed by atoms with Gasteiger partial charge in [-0.05, 0) is 30.5 Å². The fraction of sp³-hybridized carbons (Fsp3) is 0.500. The van der Waals surface area contributed by atoms with Crippen LogP contribution in [-0.2, 0) is 9.59 Å². The van der Waals surface area contributed by atoms with Crippen molar-refractivity contribution in [3.05, 3.63) is 35.6 Å². The Morgan fingerprint density at radius 3 is 2.68 bits per heavy atom. The van der Waals surface area contributed by atoms with Crippen LogP contribution in [0.1, 0.15) is 30.9 Å². The maximum absolute atomic E-state index is 13.0. The van der Waals surface area contributed by atoms with E-state index >= 15 is 0 Å². The van der Waals surface area contributed by atoms with Crippen molar-refractivity contribution in [2.75, 3.05) is 19.6 Å². The van der Waals surface area contributed by atoms with Crippen LogP contribution in [0.25, 0.3) is 0 Å². The zero-order chi connectivity index (χ0) is 15.7. The number of amides is 2. The third kappa shape index (κ3) is 2.97. The van der Waals surface area contributed by atoms with Gasteiger partial charge in [-0.2, -0.15) is 0 Å². The van der Waals surface area contributed by atoms with E-state index in [1.165, 1.54) is 12.1 Å². The molecule has 0 aliphatic carbocycles. The molecule has 22 heavy (non-hydrogen) atoms. The van der Waals surface area contributed by atoms with Crippen LogP contribution in [0, 0.1) is 5.82 Å². The molecular weight excluding hydrogens is 287 g/mol. The van der Waals surface area contributed by atoms with Crippen molar-refractivity contribution in [1.29, 1.82) is 0 Å². The van der Waals surface area contributed by atoms with Gasteiger partial charge in [0, 0.05) is 19.5 Å². The van der Waals surface area contributed by atoms with Gasteiger partial charge in [-0.15, -0.1) is 0 Å². The molecule has 2 saturated heterocycles. The number of hydrogen-bond acceptors (Lipinski definition) is 3. The van der Waals surface area contributed by atoms with Gasteiger partial charge in [0.05, 0.1) is 18.7 Å². The Labute approximate surface area is 128 Å². The summed E-state index contributed by atoms with van der Waals surface area (Å²) in [5.74, 6) is -0.490. The van der Waals surface area contributed by atoms with Crippen LogP contribution in [0.2, 0.25) is 0 Å². The first kappa shape index (κ1) is 15.0. The Hall–Kier alpha value is -1.95. The normalized spacial score (nSPS) is 25.1. The van der Waals surface area contributed by atoms with Crippen LogP contribution in [0.3, 0.4) is 0 Å². The lowest BCUT2D eigenvalue weighted by Gasteiger charge is -2.27. The minimum absolute atomic E-state index is 0.00595. The topological polar surface area (TPSA) is 60.9 Å². The monoisotopic (exact) mass is 306 g/mol. The second-order valence-corrected chi connectivity index (χ2v) is 5.92. The highest BCUT2D eigenvalue weighted by atomic mass is 19.1. The third-order valence-electron chi connectivity index (χ3n) is 4.35. The van der Waals surface area contributed by atoms with Gasteiger partial charge in [0.2, 0.25) is 11.8 Å². The van der Waals surface area contributed by atoms with Crippen LogP contribution in [0.4, 0.5) is 4.39 Å². The lowest BCUT2D eigenvalue weighted by molar-refractivity contribution is -0.139. The number of carbonyl (C=O) groups excluding carboxylic acids is 2. The first-order chi connectivity index (χ1) is 10.5. The molecule has 2 amide bonds. The summed E-state index contributed by atoms with van der Waals surface area (Å²) >= 11 is 0. The van der Waals surface area contributed by atoms with Crippen LogP contribution in [-0.4, -0.2) is 52.5 Å². The average molecular weight is 306 g/mol. The molecule has 0 spiro atoms. The van der Waals surface area contributed by atoms with E-state index in [9.17, 15) is 19.1 Å². The number of rotatable bonds is 3. The molecule has 0 bridgehead atoms. The summed E-state index contributed by atoms with van der Waals surface area (Å²) in [6.07, 6.45) is 1.13. The molecule has 1 aromatic carbocycles. The van der Waals surface area contributed by atoms with Crippen LogP contribution < -0.4 is 0 Å². The molecular formula is C16H19FN2O3. The molecule has 2 fully saturated rings. The summed E-state index contributed by atoms with van der Waals surface area (Å²) in [5, 5.41) is 9.90. The third-order valence-corrected chi connectivity index (χ3v) is 4.35. The molecule has 3 rings (SSSR count). The van der Waals surface area contributed by atoms with Crippen molar-refractivity contribution in [1.82, 2.24) is 9.80 Å². The van der Waals surface area contributed by atoms with E-state index in [1.54, 1.807) is 21.9 Å². The Morgan fingerprint density at radius 2 is 2.05 bits per heavy atom. The van der Waals surface area contributed by atoms with Crippen molar-refractivity contribution in [3.63, 3.8) is 0 Å². The highest BCUT2D eigenvalue weighted by Crippen LogP contribution is 2.32. The smallest absolute Gasteiger partial charge is 0.242 e. The van der Waals surface area contributed by atoms with E-state index in [0.717, 1.165) is 12.0 Å². The average Bonchev–Trinajstić information content (AvgIpc) is 3.06. The molecule has 1 aromatic rings. The molecule has 0 saturated carbocycles. The number of benzene rings is 1. The fourth-order valence-corrected chi connectivity index (χ4v) is 3.22. The van der Waals surface area contributed by atoms with Crippen molar-refractivity contribution in [2.45, 2.75) is 31.4 Å². The lowest BCUT2D eigenvalue weighted by Crippen LogP contribution is -2.41. The number of carbonyl (C=O) groups is 2. The molecule has 2 atom stereocenters. The second kappa shape index (κ2) is 6.04. The number of aliphatic hydroxyl groups is 1. The van der Waals surface area contributed by atoms with Crippen LogP contribution >= 0.6 is 0 Å². The molecule has 5 nitrogen and oxygen atoms in total. The molecule has 2 aliphatic rings. The Kier molecular flexibility index (Phi) is 4.11. The summed E-state index contributed by atoms with van der Waals surface area (Å²) < 4.78 is 13.0. The SMILES string of the molecule is O=C1CCCN1CC(=O)N1C[C@@H](O)C[C@@H]1c1ccc(F)cc1. The van der Waals surface area contributed by atoms with Gasteiger partial charge in [-0.3, -0.25) is 9.59 Å². The van der Waals surface area contributed by atoms with Gasteiger partial charge in [0.1, 0.15) is 5.82 Å². The van der Waals surface area contributed by atoms with E-state index in [2.05, 4.69) is 0 Å². The summed E-state index contributed by atoms with van der Waals surface area (Å²) in [7, 11) is 0. The van der Waals surface area contributed by atoms with Gasteiger partial charge in [0.25, 0.3) is 0 Å². The van der Waals surface area contributed by atoms with Crippen molar-refractivity contribution in [2.24, 2.45) is 0 Å². The fourth-order valence-electron chi connectivity index (χ4n) is 3.22. The minimum Gasteiger partial charge on any atom is -0.391 e. The van der Waals surface area contributed by atoms with Crippen molar-refractivity contribution in [3.8, 4) is 0 Å². The van der Waals surface area contributed by atoms with Crippen LogP contribution in [0.5, 0.6) is 0 Å². The van der Waals surface area contributed by atoms with E-state index in [-0.39, 0.29) is 36.8 Å². The Balaban J connectivity index is 1.73. The van der Waals surface area contributed by atoms with E-state index in [0.29, 0.717) is 19.4 Å². The van der Waals surface area contributed by atoms with E-state index < -0.39 is 6.10 Å². The number of hydrogen-bond donors (Lipinski definition) is 1. The molecule has 2 heterocycles. The van der Waals surface area contributed by atoms with E-state index in [4.69, 9.17) is 0 Å². The molecule has 1 N–H and O–H groups in total. The highest BCUT2D eigenvalue weighted by molar-refractivity contribution is 5.86. The molecule has 0 unspecified atom stereocenters. The molecule has 0 radical (unpaired) electrons. The number of nitrogens with zero attached hydrogens (tertiary/aromatic N) is 2. The van der Waals surface area contributed by atoms with Gasteiger partial charge >= 0.3 is 0 Å². The first-order valence-corrected chi connectivity index (χ1v) is 7.55. The predicted octanol–water partition coefficient (Wildman–Crippen LogP) is 1.08. The van der Waals surface area contributed by atoms with Crippen molar-refractivity contribution >= 4 is 11.8 Å². The Morgan fingerprint density at radius 1 is 1.32 bits per heavy atom. The molecule has 2 aliphatic heterocycles.